The molecule has 1 aromatic heterocycles. The monoisotopic (exact) mass is 211 g/mol. The van der Waals surface area contributed by atoms with Crippen molar-refractivity contribution in [1.29, 1.82) is 0 Å². The van der Waals surface area contributed by atoms with Gasteiger partial charge in [-0.05, 0) is 11.0 Å². The zero-order chi connectivity index (χ0) is 11.4. The Morgan fingerprint density at radius 2 is 2.40 bits per heavy atom. The molecule has 0 aromatic carbocycles. The van der Waals surface area contributed by atoms with Crippen LogP contribution in [-0.2, 0) is 16.6 Å². The number of aromatic nitrogens is 2. The first kappa shape index (κ1) is 10.9. The van der Waals surface area contributed by atoms with E-state index in [-0.39, 0.29) is 5.95 Å². The number of carbonyl (C=O) groups is 1. The van der Waals surface area contributed by atoms with Crippen LogP contribution in [0.4, 0.5) is 5.95 Å². The molecule has 0 saturated carbocycles. The second kappa shape index (κ2) is 4.36. The molecule has 0 atom stereocenters. The Bertz CT molecular complexity index is 422. The van der Waals surface area contributed by atoms with Gasteiger partial charge in [-0.15, -0.1) is 0 Å². The van der Waals surface area contributed by atoms with Crippen molar-refractivity contribution < 1.29 is 14.5 Å². The average molecular weight is 211 g/mol. The molecule has 0 bridgehead atoms. The van der Waals surface area contributed by atoms with E-state index in [0.717, 1.165) is 0 Å². The summed E-state index contributed by atoms with van der Waals surface area (Å²) in [7, 11) is 2.74. The SMILES string of the molecule is COC(=O)/C=C/c1cnc([N+](=O)[O-])n1C. The van der Waals surface area contributed by atoms with E-state index in [1.807, 2.05) is 0 Å². The molecule has 0 aliphatic rings. The van der Waals surface area contributed by atoms with Gasteiger partial charge < -0.3 is 14.9 Å². The molecule has 0 fully saturated rings. The van der Waals surface area contributed by atoms with E-state index < -0.39 is 10.9 Å². The van der Waals surface area contributed by atoms with Crippen LogP contribution in [0.2, 0.25) is 0 Å². The third-order valence-corrected chi connectivity index (χ3v) is 1.75. The van der Waals surface area contributed by atoms with E-state index in [2.05, 4.69) is 9.72 Å². The summed E-state index contributed by atoms with van der Waals surface area (Å²) in [6, 6.07) is 0. The largest absolute Gasteiger partial charge is 0.466 e. The summed E-state index contributed by atoms with van der Waals surface area (Å²) in [4.78, 5) is 24.2. The molecule has 0 saturated heterocycles. The van der Waals surface area contributed by atoms with Crippen LogP contribution in [-0.4, -0.2) is 27.6 Å². The number of imidazole rings is 1. The first-order chi connectivity index (χ1) is 7.06. The van der Waals surface area contributed by atoms with Gasteiger partial charge in [0, 0.05) is 6.08 Å². The maximum atomic E-state index is 10.8. The molecule has 0 radical (unpaired) electrons. The molecule has 1 heterocycles. The third kappa shape index (κ3) is 2.39. The summed E-state index contributed by atoms with van der Waals surface area (Å²) in [5, 5.41) is 10.4. The van der Waals surface area contributed by atoms with Gasteiger partial charge >= 0.3 is 11.9 Å². The fraction of sp³-hybridized carbons (Fsp3) is 0.250. The molecule has 0 spiro atoms. The zero-order valence-electron chi connectivity index (χ0n) is 8.21. The molecule has 0 unspecified atom stereocenters. The molecule has 15 heavy (non-hydrogen) atoms. The van der Waals surface area contributed by atoms with Crippen LogP contribution < -0.4 is 0 Å². The van der Waals surface area contributed by atoms with Gasteiger partial charge in [0.1, 0.15) is 11.9 Å². The van der Waals surface area contributed by atoms with Crippen LogP contribution >= 0.6 is 0 Å². The van der Waals surface area contributed by atoms with E-state index in [1.54, 1.807) is 0 Å². The van der Waals surface area contributed by atoms with E-state index in [9.17, 15) is 14.9 Å². The average Bonchev–Trinajstić information content (AvgIpc) is 2.56. The number of esters is 1. The zero-order valence-corrected chi connectivity index (χ0v) is 8.21. The molecule has 1 aromatic rings. The number of hydrogen-bond donors (Lipinski definition) is 0. The van der Waals surface area contributed by atoms with Crippen molar-refractivity contribution in [2.24, 2.45) is 7.05 Å². The van der Waals surface area contributed by atoms with Crippen molar-refractivity contribution in [3.63, 3.8) is 0 Å². The lowest BCUT2D eigenvalue weighted by atomic mass is 10.4. The molecule has 1 rings (SSSR count). The van der Waals surface area contributed by atoms with Gasteiger partial charge in [0.15, 0.2) is 0 Å². The van der Waals surface area contributed by atoms with Gasteiger partial charge in [0.25, 0.3) is 0 Å². The van der Waals surface area contributed by atoms with Crippen molar-refractivity contribution in [2.45, 2.75) is 0 Å². The van der Waals surface area contributed by atoms with E-state index >= 15 is 0 Å². The molecule has 80 valence electrons. The lowest BCUT2D eigenvalue weighted by Gasteiger charge is -1.94. The Kier molecular flexibility index (Phi) is 3.17. The predicted molar refractivity (Wildman–Crippen MR) is 50.9 cm³/mol. The number of ether oxygens (including phenoxy) is 1. The van der Waals surface area contributed by atoms with Crippen LogP contribution in [0.15, 0.2) is 12.3 Å². The fourth-order valence-electron chi connectivity index (χ4n) is 0.958. The maximum Gasteiger partial charge on any atom is 0.434 e. The molecular weight excluding hydrogens is 202 g/mol. The van der Waals surface area contributed by atoms with Crippen LogP contribution in [0.25, 0.3) is 6.08 Å². The second-order valence-electron chi connectivity index (χ2n) is 2.66. The highest BCUT2D eigenvalue weighted by atomic mass is 16.6. The van der Waals surface area contributed by atoms with Crippen molar-refractivity contribution in [2.75, 3.05) is 7.11 Å². The van der Waals surface area contributed by atoms with Gasteiger partial charge in [0.2, 0.25) is 0 Å². The fourth-order valence-corrected chi connectivity index (χ4v) is 0.958. The van der Waals surface area contributed by atoms with Crippen LogP contribution in [0, 0.1) is 10.1 Å². The first-order valence-corrected chi connectivity index (χ1v) is 3.98. The highest BCUT2D eigenvalue weighted by molar-refractivity contribution is 5.86. The van der Waals surface area contributed by atoms with E-state index in [4.69, 9.17) is 0 Å². The number of nitro groups is 1. The summed E-state index contributed by atoms with van der Waals surface area (Å²) < 4.78 is 5.64. The minimum Gasteiger partial charge on any atom is -0.466 e. The van der Waals surface area contributed by atoms with Crippen LogP contribution in [0.3, 0.4) is 0 Å². The van der Waals surface area contributed by atoms with Gasteiger partial charge in [0.05, 0.1) is 14.2 Å². The van der Waals surface area contributed by atoms with Crippen molar-refractivity contribution in [3.05, 3.63) is 28.1 Å². The summed E-state index contributed by atoms with van der Waals surface area (Å²) in [5.74, 6) is -0.807. The quantitative estimate of drug-likeness (QED) is 0.314. The Labute approximate surface area is 85.1 Å². The summed E-state index contributed by atoms with van der Waals surface area (Å²) in [5.41, 5.74) is 0.451. The smallest absolute Gasteiger partial charge is 0.434 e. The first-order valence-electron chi connectivity index (χ1n) is 3.98. The highest BCUT2D eigenvalue weighted by Gasteiger charge is 2.15. The molecule has 0 N–H and O–H groups in total. The number of nitrogens with zero attached hydrogens (tertiary/aromatic N) is 3. The minimum atomic E-state index is -0.602. The Morgan fingerprint density at radius 3 is 2.87 bits per heavy atom. The van der Waals surface area contributed by atoms with Gasteiger partial charge in [-0.1, -0.05) is 4.98 Å². The number of rotatable bonds is 3. The lowest BCUT2D eigenvalue weighted by molar-refractivity contribution is -0.396. The number of hydrogen-bond acceptors (Lipinski definition) is 5. The number of carbonyl (C=O) groups excluding carboxylic acids is 1. The predicted octanol–water partition coefficient (Wildman–Crippen LogP) is 0.514. The Hall–Kier alpha value is -2.18. The van der Waals surface area contributed by atoms with Gasteiger partial charge in [-0.2, -0.15) is 0 Å². The molecule has 0 aliphatic carbocycles. The summed E-state index contributed by atoms with van der Waals surface area (Å²) >= 11 is 0. The molecule has 0 amide bonds. The number of methoxy groups -OCH3 is 1. The van der Waals surface area contributed by atoms with E-state index in [1.165, 1.54) is 37.1 Å². The van der Waals surface area contributed by atoms with Crippen molar-refractivity contribution in [1.82, 2.24) is 9.55 Å². The molecular formula is C8H9N3O4. The molecule has 7 heteroatoms. The van der Waals surface area contributed by atoms with Crippen LogP contribution in [0.5, 0.6) is 0 Å². The standard InChI is InChI=1S/C8H9N3O4/c1-10-6(3-4-7(12)15-2)5-9-8(10)11(13)14/h3-5H,1-2H3/b4-3+. The van der Waals surface area contributed by atoms with Crippen molar-refractivity contribution >= 4 is 18.0 Å². The van der Waals surface area contributed by atoms with Gasteiger partial charge in [-0.25, -0.2) is 9.36 Å². The van der Waals surface area contributed by atoms with E-state index in [0.29, 0.717) is 5.69 Å². The Balaban J connectivity index is 2.93. The maximum absolute atomic E-state index is 10.8. The van der Waals surface area contributed by atoms with Crippen molar-refractivity contribution in [3.8, 4) is 0 Å². The van der Waals surface area contributed by atoms with Gasteiger partial charge in [-0.3, -0.25) is 0 Å². The Morgan fingerprint density at radius 1 is 1.73 bits per heavy atom. The topological polar surface area (TPSA) is 87.3 Å². The van der Waals surface area contributed by atoms with Crippen LogP contribution in [0.1, 0.15) is 5.69 Å². The highest BCUT2D eigenvalue weighted by Crippen LogP contribution is 2.11. The second-order valence-corrected chi connectivity index (χ2v) is 2.66. The lowest BCUT2D eigenvalue weighted by Crippen LogP contribution is -2.00. The third-order valence-electron chi connectivity index (χ3n) is 1.75. The minimum absolute atomic E-state index is 0.278. The molecule has 0 aliphatic heterocycles. The molecule has 7 nitrogen and oxygen atoms in total. The normalized spacial score (nSPS) is 10.5. The summed E-state index contributed by atoms with van der Waals surface area (Å²) in [6.45, 7) is 0. The summed E-state index contributed by atoms with van der Waals surface area (Å²) in [6.07, 6.45) is 3.87.